The largest absolute Gasteiger partial charge is 0.510 e. The molecule has 4 rings (SSSR count). The van der Waals surface area contributed by atoms with E-state index >= 15 is 0 Å². The number of rotatable bonds is 8. The second kappa shape index (κ2) is 10.5. The van der Waals surface area contributed by atoms with E-state index < -0.39 is 58.0 Å². The maximum Gasteiger partial charge on any atom is 0.255 e. The molecule has 3 aliphatic rings. The number of nitrogens with one attached hydrogen (secondary N) is 1. The molecule has 7 N–H and O–H groups in total. The quantitative estimate of drug-likeness (QED) is 0.257. The molecule has 11 nitrogen and oxygen atoms in total. The first kappa shape index (κ1) is 29.6. The van der Waals surface area contributed by atoms with Gasteiger partial charge in [-0.2, -0.15) is 0 Å². The van der Waals surface area contributed by atoms with E-state index in [9.17, 15) is 34.8 Å². The fraction of sp³-hybridized carbons (Fsp3) is 0.552. The maximum absolute atomic E-state index is 13.9. The fourth-order valence-corrected chi connectivity index (χ4v) is 6.37. The molecule has 218 valence electrons. The van der Waals surface area contributed by atoms with Gasteiger partial charge in [0.15, 0.2) is 11.4 Å². The second-order valence-corrected chi connectivity index (χ2v) is 11.9. The van der Waals surface area contributed by atoms with Crippen molar-refractivity contribution in [3.05, 3.63) is 45.4 Å². The first-order chi connectivity index (χ1) is 18.6. The van der Waals surface area contributed by atoms with E-state index in [4.69, 9.17) is 10.5 Å². The van der Waals surface area contributed by atoms with Crippen molar-refractivity contribution in [3.63, 3.8) is 0 Å². The number of ether oxygens (including phenoxy) is 1. The summed E-state index contributed by atoms with van der Waals surface area (Å²) >= 11 is 0. The Balaban J connectivity index is 1.90. The molecule has 11 heteroatoms. The molecule has 0 heterocycles. The summed E-state index contributed by atoms with van der Waals surface area (Å²) < 4.78 is 6.18. The molecule has 0 fully saturated rings. The lowest BCUT2D eigenvalue weighted by atomic mass is 9.58. The van der Waals surface area contributed by atoms with E-state index in [2.05, 4.69) is 19.2 Å². The summed E-state index contributed by atoms with van der Waals surface area (Å²) in [5.41, 5.74) is 2.77. The van der Waals surface area contributed by atoms with Gasteiger partial charge in [-0.15, -0.1) is 0 Å². The van der Waals surface area contributed by atoms with Crippen LogP contribution in [0.15, 0.2) is 28.7 Å². The molecule has 0 aliphatic heterocycles. The molecule has 1 aromatic carbocycles. The summed E-state index contributed by atoms with van der Waals surface area (Å²) in [5, 5.41) is 48.4. The summed E-state index contributed by atoms with van der Waals surface area (Å²) in [6.07, 6.45) is -0.0520. The Morgan fingerprint density at radius 3 is 2.40 bits per heavy atom. The number of hydrogen-bond acceptors (Lipinski definition) is 10. The third-order valence-electron chi connectivity index (χ3n) is 7.97. The zero-order valence-corrected chi connectivity index (χ0v) is 23.7. The molecular weight excluding hydrogens is 518 g/mol. The van der Waals surface area contributed by atoms with Gasteiger partial charge in [-0.1, -0.05) is 13.8 Å². The van der Waals surface area contributed by atoms with E-state index in [1.54, 1.807) is 14.1 Å². The molecule has 0 spiro atoms. The van der Waals surface area contributed by atoms with Crippen molar-refractivity contribution in [1.82, 2.24) is 10.2 Å². The zero-order chi connectivity index (χ0) is 29.8. The number of amides is 1. The lowest BCUT2D eigenvalue weighted by Gasteiger charge is -2.50. The summed E-state index contributed by atoms with van der Waals surface area (Å²) in [6.45, 7) is 8.97. The minimum Gasteiger partial charge on any atom is -0.510 e. The van der Waals surface area contributed by atoms with Crippen LogP contribution in [-0.4, -0.2) is 81.2 Å². The number of phenolic OH excluding ortho intramolecular Hbond substituents is 1. The van der Waals surface area contributed by atoms with Crippen LogP contribution in [0.5, 0.6) is 11.5 Å². The molecule has 1 amide bonds. The van der Waals surface area contributed by atoms with Gasteiger partial charge in [0.1, 0.15) is 28.6 Å². The number of Topliss-reactive ketones (excluding diaryl/α,β-unsaturated/α-hetero) is 2. The van der Waals surface area contributed by atoms with Crippen LogP contribution < -0.4 is 15.8 Å². The lowest BCUT2D eigenvalue weighted by Crippen LogP contribution is -2.63. The normalized spacial score (nSPS) is 26.4. The van der Waals surface area contributed by atoms with Crippen molar-refractivity contribution < 1.29 is 39.5 Å². The monoisotopic (exact) mass is 557 g/mol. The first-order valence-electron chi connectivity index (χ1n) is 13.5. The van der Waals surface area contributed by atoms with Crippen LogP contribution in [0.3, 0.4) is 0 Å². The Kier molecular flexibility index (Phi) is 7.78. The van der Waals surface area contributed by atoms with Crippen molar-refractivity contribution in [2.45, 2.75) is 64.8 Å². The highest BCUT2D eigenvalue weighted by atomic mass is 16.5. The number of aromatic hydroxyl groups is 1. The molecule has 1 aromatic rings. The predicted molar refractivity (Wildman–Crippen MR) is 146 cm³/mol. The number of carbonyl (C=O) groups is 3. The van der Waals surface area contributed by atoms with Gasteiger partial charge in [0, 0.05) is 29.2 Å². The van der Waals surface area contributed by atoms with E-state index in [0.29, 0.717) is 29.3 Å². The van der Waals surface area contributed by atoms with Gasteiger partial charge in [0.2, 0.25) is 5.78 Å². The SMILES string of the molecule is CC(C)CNCc1cc(O)c2c(c1OC(C)C)C[C@H]1C[C@H]3[C@H](N(C)C)C(O)=C(C(N)=O)C(=O)[C@@]3(O)C(O)=C1C2=O. The predicted octanol–water partition coefficient (Wildman–Crippen LogP) is 1.65. The number of aliphatic hydroxyl groups is 3. The summed E-state index contributed by atoms with van der Waals surface area (Å²) in [5.74, 6) is -5.95. The molecular formula is C29H39N3O8. The van der Waals surface area contributed by atoms with Gasteiger partial charge in [-0.25, -0.2) is 0 Å². The minimum atomic E-state index is -2.67. The Morgan fingerprint density at radius 2 is 1.85 bits per heavy atom. The van der Waals surface area contributed by atoms with Crippen LogP contribution >= 0.6 is 0 Å². The number of nitrogens with two attached hydrogens (primary N) is 1. The minimum absolute atomic E-state index is 0.0173. The third kappa shape index (κ3) is 4.55. The molecule has 4 atom stereocenters. The molecule has 40 heavy (non-hydrogen) atoms. The number of aliphatic hydroxyl groups excluding tert-OH is 2. The summed E-state index contributed by atoms with van der Waals surface area (Å²) in [7, 11) is 3.19. The topological polar surface area (TPSA) is 183 Å². The molecule has 0 aromatic heterocycles. The van der Waals surface area contributed by atoms with Gasteiger partial charge >= 0.3 is 0 Å². The Labute approximate surface area is 233 Å². The number of primary amides is 1. The third-order valence-corrected chi connectivity index (χ3v) is 7.97. The van der Waals surface area contributed by atoms with Crippen LogP contribution in [-0.2, 0) is 22.6 Å². The number of carbonyl (C=O) groups excluding carboxylic acids is 3. The average Bonchev–Trinajstić information content (AvgIpc) is 2.82. The highest BCUT2D eigenvalue weighted by Crippen LogP contribution is 2.53. The number of benzene rings is 1. The number of likely N-dealkylation sites (N-methyl/N-ethyl adjacent to an activating group) is 1. The smallest absolute Gasteiger partial charge is 0.255 e. The van der Waals surface area contributed by atoms with Crippen molar-refractivity contribution in [1.29, 1.82) is 0 Å². The van der Waals surface area contributed by atoms with Gasteiger partial charge in [0.25, 0.3) is 5.91 Å². The van der Waals surface area contributed by atoms with Gasteiger partial charge in [-0.05, 0) is 65.2 Å². The van der Waals surface area contributed by atoms with Gasteiger partial charge in [-0.3, -0.25) is 19.3 Å². The van der Waals surface area contributed by atoms with Crippen molar-refractivity contribution >= 4 is 17.5 Å². The number of allylic oxidation sites excluding steroid dienone is 1. The van der Waals surface area contributed by atoms with E-state index in [1.807, 2.05) is 13.8 Å². The van der Waals surface area contributed by atoms with E-state index in [-0.39, 0.29) is 35.8 Å². The lowest BCUT2D eigenvalue weighted by molar-refractivity contribution is -0.148. The van der Waals surface area contributed by atoms with E-state index in [0.717, 1.165) is 6.54 Å². The summed E-state index contributed by atoms with van der Waals surface area (Å²) in [6, 6.07) is 0.414. The van der Waals surface area contributed by atoms with Crippen molar-refractivity contribution in [3.8, 4) is 11.5 Å². The Hall–Kier alpha value is -3.41. The van der Waals surface area contributed by atoms with Crippen LogP contribution in [0, 0.1) is 17.8 Å². The number of nitrogens with zero attached hydrogens (tertiary/aromatic N) is 1. The van der Waals surface area contributed by atoms with Gasteiger partial charge < -0.3 is 36.2 Å². The van der Waals surface area contributed by atoms with Gasteiger partial charge in [0.05, 0.1) is 17.7 Å². The number of hydrogen-bond donors (Lipinski definition) is 6. The molecule has 0 saturated heterocycles. The van der Waals surface area contributed by atoms with Crippen LogP contribution in [0.2, 0.25) is 0 Å². The Morgan fingerprint density at radius 1 is 1.20 bits per heavy atom. The maximum atomic E-state index is 13.9. The summed E-state index contributed by atoms with van der Waals surface area (Å²) in [4.78, 5) is 41.0. The number of fused-ring (bicyclic) bond motifs is 3. The van der Waals surface area contributed by atoms with E-state index in [1.165, 1.54) is 11.0 Å². The second-order valence-electron chi connectivity index (χ2n) is 11.9. The highest BCUT2D eigenvalue weighted by Gasteiger charge is 2.63. The molecule has 0 saturated carbocycles. The van der Waals surface area contributed by atoms with Crippen molar-refractivity contribution in [2.75, 3.05) is 20.6 Å². The Bertz CT molecular complexity index is 1330. The number of ketones is 2. The van der Waals surface area contributed by atoms with Crippen molar-refractivity contribution in [2.24, 2.45) is 23.5 Å². The zero-order valence-electron chi connectivity index (χ0n) is 23.7. The number of phenols is 1. The fourth-order valence-electron chi connectivity index (χ4n) is 6.37. The standard InChI is InChI=1S/C29H39N3O8/c1-12(2)10-31-11-15-9-18(33)20-16(25(15)40-13(3)4)7-14-8-17-22(32(5)6)24(35)21(28(30)38)27(37)29(17,39)26(36)19(14)23(20)34/h9,12-14,17,22,31,33,35-36,39H,7-8,10-11H2,1-6H3,(H2,30,38)/t14-,17-,22-,29-/m0/s1. The van der Waals surface area contributed by atoms with Crippen LogP contribution in [0.1, 0.15) is 55.6 Å². The molecule has 3 aliphatic carbocycles. The molecule has 0 unspecified atom stereocenters. The molecule has 0 radical (unpaired) electrons. The first-order valence-corrected chi connectivity index (χ1v) is 13.5. The van der Waals surface area contributed by atoms with Crippen LogP contribution in [0.25, 0.3) is 0 Å². The van der Waals surface area contributed by atoms with Crippen LogP contribution in [0.4, 0.5) is 0 Å². The molecule has 0 bridgehead atoms. The average molecular weight is 558 g/mol. The highest BCUT2D eigenvalue weighted by molar-refractivity contribution is 6.24.